The third-order valence-corrected chi connectivity index (χ3v) is 2.89. The molecule has 0 saturated heterocycles. The van der Waals surface area contributed by atoms with E-state index >= 15 is 0 Å². The van der Waals surface area contributed by atoms with Gasteiger partial charge in [0, 0.05) is 13.1 Å². The zero-order valence-corrected chi connectivity index (χ0v) is 8.98. The lowest BCUT2D eigenvalue weighted by atomic mass is 9.84. The Bertz CT molecular complexity index is 255. The summed E-state index contributed by atoms with van der Waals surface area (Å²) >= 11 is 0. The van der Waals surface area contributed by atoms with Crippen LogP contribution in [0.1, 0.15) is 25.7 Å². The standard InChI is InChI=1S/C10H18N2O3/c1-12(6-9(13)14)10(15)7-4-2-3-5-8(7)11/h7-8H,2-6,11H2,1H3,(H,13,14). The Hall–Kier alpha value is -1.10. The highest BCUT2D eigenvalue weighted by molar-refractivity contribution is 5.83. The van der Waals surface area contributed by atoms with Crippen molar-refractivity contribution in [2.75, 3.05) is 13.6 Å². The Balaban J connectivity index is 2.54. The van der Waals surface area contributed by atoms with E-state index in [2.05, 4.69) is 0 Å². The van der Waals surface area contributed by atoms with Crippen LogP contribution in [-0.4, -0.2) is 41.5 Å². The molecule has 0 aliphatic heterocycles. The van der Waals surface area contributed by atoms with Gasteiger partial charge >= 0.3 is 5.97 Å². The molecule has 1 aliphatic carbocycles. The molecule has 3 N–H and O–H groups in total. The van der Waals surface area contributed by atoms with Gasteiger partial charge in [-0.15, -0.1) is 0 Å². The van der Waals surface area contributed by atoms with E-state index in [4.69, 9.17) is 10.8 Å². The van der Waals surface area contributed by atoms with Crippen molar-refractivity contribution in [1.82, 2.24) is 4.90 Å². The number of rotatable bonds is 3. The smallest absolute Gasteiger partial charge is 0.323 e. The maximum Gasteiger partial charge on any atom is 0.323 e. The number of aliphatic carboxylic acids is 1. The van der Waals surface area contributed by atoms with E-state index in [0.29, 0.717) is 0 Å². The molecule has 1 rings (SSSR count). The first-order valence-corrected chi connectivity index (χ1v) is 5.24. The number of nitrogens with zero attached hydrogens (tertiary/aromatic N) is 1. The molecule has 1 aliphatic rings. The minimum Gasteiger partial charge on any atom is -0.480 e. The van der Waals surface area contributed by atoms with Crippen molar-refractivity contribution >= 4 is 11.9 Å². The number of carbonyl (C=O) groups excluding carboxylic acids is 1. The highest BCUT2D eigenvalue weighted by atomic mass is 16.4. The zero-order valence-electron chi connectivity index (χ0n) is 8.98. The largest absolute Gasteiger partial charge is 0.480 e. The second kappa shape index (κ2) is 5.11. The average Bonchev–Trinajstić information content (AvgIpc) is 2.16. The van der Waals surface area contributed by atoms with E-state index in [1.807, 2.05) is 0 Å². The molecule has 5 nitrogen and oxygen atoms in total. The lowest BCUT2D eigenvalue weighted by Gasteiger charge is -2.30. The van der Waals surface area contributed by atoms with E-state index < -0.39 is 5.97 Å². The Labute approximate surface area is 89.2 Å². The number of amides is 1. The summed E-state index contributed by atoms with van der Waals surface area (Å²) < 4.78 is 0. The molecule has 1 amide bonds. The van der Waals surface area contributed by atoms with Crippen molar-refractivity contribution in [2.45, 2.75) is 31.7 Å². The summed E-state index contributed by atoms with van der Waals surface area (Å²) in [6.45, 7) is -0.248. The van der Waals surface area contributed by atoms with Crippen LogP contribution in [0.2, 0.25) is 0 Å². The fraction of sp³-hybridized carbons (Fsp3) is 0.800. The molecule has 2 unspecified atom stereocenters. The molecule has 0 heterocycles. The monoisotopic (exact) mass is 214 g/mol. The number of carboxylic acid groups (broad SMARTS) is 1. The highest BCUT2D eigenvalue weighted by Crippen LogP contribution is 2.24. The lowest BCUT2D eigenvalue weighted by Crippen LogP contribution is -2.45. The van der Waals surface area contributed by atoms with Crippen LogP contribution in [0.3, 0.4) is 0 Å². The van der Waals surface area contributed by atoms with Gasteiger partial charge in [-0.05, 0) is 12.8 Å². The summed E-state index contributed by atoms with van der Waals surface area (Å²) in [7, 11) is 1.51. The molecular formula is C10H18N2O3. The van der Waals surface area contributed by atoms with E-state index in [1.54, 1.807) is 0 Å². The molecule has 5 heteroatoms. The van der Waals surface area contributed by atoms with Gasteiger partial charge in [-0.2, -0.15) is 0 Å². The minimum absolute atomic E-state index is 0.109. The molecular weight excluding hydrogens is 196 g/mol. The first-order valence-electron chi connectivity index (χ1n) is 5.24. The number of carbonyl (C=O) groups is 2. The van der Waals surface area contributed by atoms with E-state index in [0.717, 1.165) is 25.7 Å². The second-order valence-corrected chi connectivity index (χ2v) is 4.14. The predicted molar refractivity (Wildman–Crippen MR) is 55.2 cm³/mol. The van der Waals surface area contributed by atoms with Crippen molar-refractivity contribution < 1.29 is 14.7 Å². The van der Waals surface area contributed by atoms with Crippen molar-refractivity contribution in [3.8, 4) is 0 Å². The number of hydrogen-bond donors (Lipinski definition) is 2. The van der Waals surface area contributed by atoms with Crippen molar-refractivity contribution in [1.29, 1.82) is 0 Å². The average molecular weight is 214 g/mol. The molecule has 1 fully saturated rings. The third kappa shape index (κ3) is 3.20. The molecule has 0 bridgehead atoms. The third-order valence-electron chi connectivity index (χ3n) is 2.89. The van der Waals surface area contributed by atoms with Crippen LogP contribution < -0.4 is 5.73 Å². The SMILES string of the molecule is CN(CC(=O)O)C(=O)C1CCCCC1N. The fourth-order valence-corrected chi connectivity index (χ4v) is 2.03. The van der Waals surface area contributed by atoms with Gasteiger partial charge in [0.2, 0.25) is 5.91 Å². The van der Waals surface area contributed by atoms with Crippen molar-refractivity contribution in [3.05, 3.63) is 0 Å². The summed E-state index contributed by atoms with van der Waals surface area (Å²) in [6.07, 6.45) is 3.71. The van der Waals surface area contributed by atoms with Crippen LogP contribution in [0.15, 0.2) is 0 Å². The quantitative estimate of drug-likeness (QED) is 0.695. The van der Waals surface area contributed by atoms with Gasteiger partial charge < -0.3 is 15.7 Å². The van der Waals surface area contributed by atoms with Crippen LogP contribution in [-0.2, 0) is 9.59 Å². The molecule has 86 valence electrons. The number of hydrogen-bond acceptors (Lipinski definition) is 3. The van der Waals surface area contributed by atoms with Crippen LogP contribution in [0, 0.1) is 5.92 Å². The first kappa shape index (κ1) is 12.0. The van der Waals surface area contributed by atoms with Gasteiger partial charge in [-0.1, -0.05) is 12.8 Å². The maximum absolute atomic E-state index is 11.8. The van der Waals surface area contributed by atoms with E-state index in [1.165, 1.54) is 11.9 Å². The topological polar surface area (TPSA) is 83.6 Å². The second-order valence-electron chi connectivity index (χ2n) is 4.14. The molecule has 15 heavy (non-hydrogen) atoms. The van der Waals surface area contributed by atoms with E-state index in [-0.39, 0.29) is 24.4 Å². The first-order chi connectivity index (χ1) is 7.02. The maximum atomic E-state index is 11.8. The molecule has 1 saturated carbocycles. The lowest BCUT2D eigenvalue weighted by molar-refractivity contribution is -0.145. The van der Waals surface area contributed by atoms with Crippen LogP contribution in [0.25, 0.3) is 0 Å². The van der Waals surface area contributed by atoms with Crippen molar-refractivity contribution in [2.24, 2.45) is 11.7 Å². The Morgan fingerprint density at radius 2 is 2.00 bits per heavy atom. The summed E-state index contributed by atoms with van der Waals surface area (Å²) in [4.78, 5) is 23.5. The van der Waals surface area contributed by atoms with Gasteiger partial charge in [-0.25, -0.2) is 0 Å². The number of nitrogens with two attached hydrogens (primary N) is 1. The summed E-state index contributed by atoms with van der Waals surface area (Å²) in [5.74, 6) is -1.32. The zero-order chi connectivity index (χ0) is 11.4. The fourth-order valence-electron chi connectivity index (χ4n) is 2.03. The van der Waals surface area contributed by atoms with Gasteiger partial charge in [0.1, 0.15) is 6.54 Å². The van der Waals surface area contributed by atoms with Crippen LogP contribution >= 0.6 is 0 Å². The molecule has 0 radical (unpaired) electrons. The molecule has 0 spiro atoms. The number of carboxylic acids is 1. The van der Waals surface area contributed by atoms with Crippen molar-refractivity contribution in [3.63, 3.8) is 0 Å². The summed E-state index contributed by atoms with van der Waals surface area (Å²) in [6, 6.07) is -0.109. The molecule has 0 aromatic rings. The summed E-state index contributed by atoms with van der Waals surface area (Å²) in [5.41, 5.74) is 5.85. The minimum atomic E-state index is -0.991. The van der Waals surface area contributed by atoms with Gasteiger partial charge in [0.15, 0.2) is 0 Å². The Morgan fingerprint density at radius 1 is 1.40 bits per heavy atom. The molecule has 0 aromatic carbocycles. The highest BCUT2D eigenvalue weighted by Gasteiger charge is 2.30. The number of likely N-dealkylation sites (N-methyl/N-ethyl adjacent to an activating group) is 1. The van der Waals surface area contributed by atoms with Gasteiger partial charge in [-0.3, -0.25) is 9.59 Å². The molecule has 0 aromatic heterocycles. The normalized spacial score (nSPS) is 26.0. The van der Waals surface area contributed by atoms with Crippen LogP contribution in [0.5, 0.6) is 0 Å². The Kier molecular flexibility index (Phi) is 4.08. The van der Waals surface area contributed by atoms with Crippen LogP contribution in [0.4, 0.5) is 0 Å². The van der Waals surface area contributed by atoms with E-state index in [9.17, 15) is 9.59 Å². The van der Waals surface area contributed by atoms with Gasteiger partial charge in [0.05, 0.1) is 5.92 Å². The van der Waals surface area contributed by atoms with Gasteiger partial charge in [0.25, 0.3) is 0 Å². The predicted octanol–water partition coefficient (Wildman–Crippen LogP) is 0.0469. The summed E-state index contributed by atoms with van der Waals surface area (Å²) in [5, 5.41) is 8.57. The Morgan fingerprint density at radius 3 is 2.53 bits per heavy atom. The molecule has 2 atom stereocenters.